The molecular weight excluding hydrogens is 1210 g/mol. The third kappa shape index (κ3) is 19.3. The summed E-state index contributed by atoms with van der Waals surface area (Å²) in [5.41, 5.74) is 16.3. The minimum atomic E-state index is 0. The number of benzene rings is 6. The van der Waals surface area contributed by atoms with Crippen LogP contribution in [0.15, 0.2) is 231 Å². The first-order chi connectivity index (χ1) is 40.2. The van der Waals surface area contributed by atoms with Gasteiger partial charge in [0.1, 0.15) is 0 Å². The first-order valence-corrected chi connectivity index (χ1v) is 27.3. The van der Waals surface area contributed by atoms with Gasteiger partial charge in [0.05, 0.1) is 68.1 Å². The summed E-state index contributed by atoms with van der Waals surface area (Å²) in [6.45, 7) is 16.3. The van der Waals surface area contributed by atoms with Gasteiger partial charge in [0.2, 0.25) is 0 Å². The van der Waals surface area contributed by atoms with Gasteiger partial charge in [0.15, 0.2) is 17.1 Å². The number of aryl methyl sites for hydroxylation is 11. The van der Waals surface area contributed by atoms with Gasteiger partial charge in [0, 0.05) is 68.9 Å². The van der Waals surface area contributed by atoms with E-state index in [-0.39, 0.29) is 20.1 Å². The number of hydrogen-bond acceptors (Lipinski definition) is 8. The molecule has 0 aliphatic rings. The number of nitrogens with zero attached hydrogens (tertiary/aromatic N) is 11. The molecule has 0 unspecified atom stereocenters. The summed E-state index contributed by atoms with van der Waals surface area (Å²) in [5.74, 6) is 4.54. The second-order valence-corrected chi connectivity index (χ2v) is 19.5. The largest absolute Gasteiger partial charge is 3.00 e. The van der Waals surface area contributed by atoms with E-state index in [9.17, 15) is 0 Å². The van der Waals surface area contributed by atoms with Crippen molar-refractivity contribution in [1.82, 2.24) is 39.9 Å². The molecule has 12 heteroatoms. The summed E-state index contributed by atoms with van der Waals surface area (Å²) in [6, 6.07) is 73.2. The molecule has 0 fully saturated rings. The Morgan fingerprint density at radius 2 is 0.619 bits per heavy atom. The Labute approximate surface area is 510 Å². The van der Waals surface area contributed by atoms with E-state index in [4.69, 9.17) is 0 Å². The average molecular weight is 1280 g/mol. The topological polar surface area (TPSA) is 115 Å². The number of hydrogen-bond donors (Lipinski definition) is 0. The van der Waals surface area contributed by atoms with E-state index in [2.05, 4.69) is 147 Å². The third-order valence-corrected chi connectivity index (χ3v) is 12.8. The fourth-order valence-corrected chi connectivity index (χ4v) is 8.24. The summed E-state index contributed by atoms with van der Waals surface area (Å²) in [4.78, 5) is 34.9. The molecule has 0 radical (unpaired) electrons. The molecule has 0 bridgehead atoms. The van der Waals surface area contributed by atoms with E-state index in [1.165, 1.54) is 33.4 Å². The molecule has 0 aliphatic heterocycles. The molecule has 0 N–H and O–H groups in total. The summed E-state index contributed by atoms with van der Waals surface area (Å²) in [7, 11) is 6.07. The van der Waals surface area contributed by atoms with Crippen molar-refractivity contribution in [3.05, 3.63) is 295 Å². The van der Waals surface area contributed by atoms with Gasteiger partial charge in [-0.25, -0.2) is 13.7 Å². The number of pyridine rings is 1. The van der Waals surface area contributed by atoms with Crippen molar-refractivity contribution in [3.8, 4) is 68.2 Å². The van der Waals surface area contributed by atoms with Crippen LogP contribution in [0.2, 0.25) is 0 Å². The Morgan fingerprint density at radius 1 is 0.298 bits per heavy atom. The van der Waals surface area contributed by atoms with Crippen LogP contribution in [0, 0.1) is 73.6 Å². The van der Waals surface area contributed by atoms with Gasteiger partial charge in [-0.2, -0.15) is 0 Å². The Balaban J connectivity index is 0.000000162. The van der Waals surface area contributed by atoms with Gasteiger partial charge in [-0.15, -0.1) is 108 Å². The predicted molar refractivity (Wildman–Crippen MR) is 332 cm³/mol. The normalized spacial score (nSPS) is 9.99. The molecule has 0 atom stereocenters. The fourth-order valence-electron chi connectivity index (χ4n) is 8.24. The van der Waals surface area contributed by atoms with Crippen LogP contribution in [-0.4, -0.2) is 39.9 Å². The Kier molecular flexibility index (Phi) is 24.9. The molecule has 84 heavy (non-hydrogen) atoms. The van der Waals surface area contributed by atoms with Crippen molar-refractivity contribution in [2.24, 2.45) is 21.1 Å². The Bertz CT molecular complexity index is 3600. The van der Waals surface area contributed by atoms with Gasteiger partial charge in [0.25, 0.3) is 0 Å². The fraction of sp³-hybridized carbons (Fsp3) is 0.153. The molecular formula is C72H71IrN11+3. The summed E-state index contributed by atoms with van der Waals surface area (Å²) in [5, 5.41) is 0. The van der Waals surface area contributed by atoms with Crippen molar-refractivity contribution >= 4 is 0 Å². The zero-order valence-corrected chi connectivity index (χ0v) is 52.1. The van der Waals surface area contributed by atoms with E-state index >= 15 is 0 Å². The zero-order chi connectivity index (χ0) is 58.9. The van der Waals surface area contributed by atoms with E-state index in [0.717, 1.165) is 80.0 Å². The molecule has 420 valence electrons. The summed E-state index contributed by atoms with van der Waals surface area (Å²) in [6.07, 6.45) is 11.4. The molecule has 0 spiro atoms. The van der Waals surface area contributed by atoms with E-state index < -0.39 is 0 Å². The van der Waals surface area contributed by atoms with Crippen LogP contribution >= 0.6 is 0 Å². The van der Waals surface area contributed by atoms with Crippen molar-refractivity contribution in [2.75, 3.05) is 0 Å². The van der Waals surface area contributed by atoms with Crippen molar-refractivity contribution < 1.29 is 33.8 Å². The van der Waals surface area contributed by atoms with Crippen molar-refractivity contribution in [3.63, 3.8) is 0 Å². The van der Waals surface area contributed by atoms with Crippen LogP contribution in [0.25, 0.3) is 68.2 Å². The molecule has 6 aromatic carbocycles. The standard InChI is InChI=1S/3C13H15N2.2C11H9N2.C11H8N.Ir/c3*1-10-6-4-5-7-12(10)13-14-11(2)8-9-15(13)3;2*1-9-7-8-12-11(13-9)10-5-3-2-4-6-10;1-2-6-10(7-3-1)11-8-4-5-9-12-11;/h3*4-9H,1-3H3;2*2-5,7-8H,1H3;1-6,8-9H;/q3*+1;3*-1;+3. The van der Waals surface area contributed by atoms with Crippen molar-refractivity contribution in [1.29, 1.82) is 0 Å². The SMILES string of the molecule is Cc1cc[n+](C)c(-c2ccccc2C)n1.Cc1cc[n+](C)c(-c2ccccc2C)n1.Cc1cc[n+](C)c(-c2ccccc2C)n1.Cc1ccnc(-c2[c-]cccc2)n1.Cc1ccnc(-c2[c-]cccc2)n1.[Ir+3].[c-]1ccccc1-c1ccccn1. The third-order valence-electron chi connectivity index (χ3n) is 12.8. The first kappa shape index (κ1) is 63.7. The van der Waals surface area contributed by atoms with Crippen LogP contribution in [0.5, 0.6) is 0 Å². The molecule has 12 rings (SSSR count). The second-order valence-electron chi connectivity index (χ2n) is 19.5. The molecule has 0 saturated heterocycles. The predicted octanol–water partition coefficient (Wildman–Crippen LogP) is 13.6. The average Bonchev–Trinajstić information content (AvgIpc) is 3.72. The van der Waals surface area contributed by atoms with Crippen LogP contribution in [0.4, 0.5) is 0 Å². The van der Waals surface area contributed by atoms with Gasteiger partial charge in [-0.05, 0) is 108 Å². The molecule has 0 aliphatic carbocycles. The molecule has 0 saturated carbocycles. The maximum atomic E-state index is 4.57. The van der Waals surface area contributed by atoms with Gasteiger partial charge in [-0.1, -0.05) is 66.7 Å². The summed E-state index contributed by atoms with van der Waals surface area (Å²) >= 11 is 0. The zero-order valence-electron chi connectivity index (χ0n) is 49.7. The van der Waals surface area contributed by atoms with E-state index in [1.54, 1.807) is 18.6 Å². The molecule has 6 heterocycles. The van der Waals surface area contributed by atoms with Crippen LogP contribution in [0.1, 0.15) is 45.2 Å². The monoisotopic (exact) mass is 1280 g/mol. The van der Waals surface area contributed by atoms with Gasteiger partial charge >= 0.3 is 37.6 Å². The second kappa shape index (κ2) is 32.8. The van der Waals surface area contributed by atoms with Crippen LogP contribution in [0.3, 0.4) is 0 Å². The minimum Gasteiger partial charge on any atom is -0.305 e. The smallest absolute Gasteiger partial charge is 0.305 e. The Hall–Kier alpha value is -9.48. The van der Waals surface area contributed by atoms with Crippen molar-refractivity contribution in [2.45, 2.75) is 55.4 Å². The summed E-state index contributed by atoms with van der Waals surface area (Å²) < 4.78 is 6.15. The Morgan fingerprint density at radius 3 is 0.929 bits per heavy atom. The number of rotatable bonds is 6. The minimum absolute atomic E-state index is 0. The van der Waals surface area contributed by atoms with E-state index in [0.29, 0.717) is 0 Å². The molecule has 11 nitrogen and oxygen atoms in total. The van der Waals surface area contributed by atoms with Crippen LogP contribution < -0.4 is 13.7 Å². The molecule has 12 aromatic rings. The van der Waals surface area contributed by atoms with Gasteiger partial charge < -0.3 is 4.98 Å². The maximum Gasteiger partial charge on any atom is 3.00 e. The quantitative estimate of drug-likeness (QED) is 0.119. The van der Waals surface area contributed by atoms with Crippen LogP contribution in [-0.2, 0) is 41.2 Å². The molecule has 0 amide bonds. The van der Waals surface area contributed by atoms with E-state index in [1.807, 2.05) is 214 Å². The van der Waals surface area contributed by atoms with Gasteiger partial charge in [-0.3, -0.25) is 19.9 Å². The maximum absolute atomic E-state index is 4.57. The number of aromatic nitrogens is 11. The molecule has 6 aromatic heterocycles. The first-order valence-electron chi connectivity index (χ1n) is 27.3.